The number of halogens is 1. The van der Waals surface area contributed by atoms with Crippen molar-refractivity contribution in [3.8, 4) is 0 Å². The summed E-state index contributed by atoms with van der Waals surface area (Å²) >= 11 is 5.67. The van der Waals surface area contributed by atoms with Gasteiger partial charge in [-0.3, -0.25) is 0 Å². The molecule has 2 rings (SSSR count). The van der Waals surface area contributed by atoms with E-state index in [9.17, 15) is 0 Å². The second kappa shape index (κ2) is 6.06. The van der Waals surface area contributed by atoms with Gasteiger partial charge in [0.15, 0.2) is 0 Å². The summed E-state index contributed by atoms with van der Waals surface area (Å²) in [6, 6.07) is 8.34. The summed E-state index contributed by atoms with van der Waals surface area (Å²) in [5.74, 6) is 1.90. The maximum atomic E-state index is 5.67. The first kappa shape index (κ1) is 12.4. The molecule has 0 bridgehead atoms. The molecule has 0 unspecified atom stereocenters. The van der Waals surface area contributed by atoms with Crippen LogP contribution >= 0.6 is 11.6 Å². The predicted octanol–water partition coefficient (Wildman–Crippen LogP) is 4.14. The molecule has 0 saturated heterocycles. The van der Waals surface area contributed by atoms with Crippen molar-refractivity contribution in [2.24, 2.45) is 0 Å². The quantitative estimate of drug-likeness (QED) is 0.556. The highest BCUT2D eigenvalue weighted by molar-refractivity contribution is 6.17. The smallest absolute Gasteiger partial charge is 0.106 e. The number of hydrogen-bond acceptors (Lipinski definition) is 1. The van der Waals surface area contributed by atoms with Gasteiger partial charge in [-0.25, -0.2) is 4.98 Å². The molecule has 0 fully saturated rings. The van der Waals surface area contributed by atoms with E-state index in [0.29, 0.717) is 0 Å². The van der Waals surface area contributed by atoms with Gasteiger partial charge in [0, 0.05) is 12.4 Å². The van der Waals surface area contributed by atoms with Crippen molar-refractivity contribution in [2.45, 2.75) is 39.2 Å². The van der Waals surface area contributed by atoms with E-state index < -0.39 is 0 Å². The zero-order chi connectivity index (χ0) is 12.1. The molecule has 0 N–H and O–H groups in total. The summed E-state index contributed by atoms with van der Waals surface area (Å²) in [7, 11) is 0. The van der Waals surface area contributed by atoms with Crippen LogP contribution in [0, 0.1) is 6.92 Å². The number of imidazole rings is 1. The second-order valence-corrected chi connectivity index (χ2v) is 4.78. The van der Waals surface area contributed by atoms with Crippen LogP contribution in [0.2, 0.25) is 0 Å². The van der Waals surface area contributed by atoms with Gasteiger partial charge in [-0.2, -0.15) is 0 Å². The average Bonchev–Trinajstić information content (AvgIpc) is 2.65. The van der Waals surface area contributed by atoms with Crippen molar-refractivity contribution in [3.05, 3.63) is 30.1 Å². The summed E-state index contributed by atoms with van der Waals surface area (Å²) in [4.78, 5) is 4.57. The molecule has 0 atom stereocenters. The number of benzene rings is 1. The Kier molecular flexibility index (Phi) is 4.43. The van der Waals surface area contributed by atoms with Crippen LogP contribution in [0.15, 0.2) is 24.3 Å². The molecule has 92 valence electrons. The Morgan fingerprint density at radius 3 is 2.71 bits per heavy atom. The van der Waals surface area contributed by atoms with E-state index in [4.69, 9.17) is 11.6 Å². The number of nitrogens with zero attached hydrogens (tertiary/aromatic N) is 2. The lowest BCUT2D eigenvalue weighted by molar-refractivity contribution is 0.583. The minimum atomic E-state index is 0.785. The number of unbranched alkanes of at least 4 members (excludes halogenated alkanes) is 3. The highest BCUT2D eigenvalue weighted by atomic mass is 35.5. The molecule has 0 saturated carbocycles. The fourth-order valence-corrected chi connectivity index (χ4v) is 2.39. The van der Waals surface area contributed by atoms with E-state index in [0.717, 1.165) is 30.2 Å². The van der Waals surface area contributed by atoms with E-state index >= 15 is 0 Å². The van der Waals surface area contributed by atoms with Gasteiger partial charge in [0.2, 0.25) is 0 Å². The van der Waals surface area contributed by atoms with Gasteiger partial charge in [0.05, 0.1) is 11.0 Å². The first-order chi connectivity index (χ1) is 8.33. The summed E-state index contributed by atoms with van der Waals surface area (Å²) < 4.78 is 2.32. The number of para-hydroxylation sites is 2. The Morgan fingerprint density at radius 1 is 1.12 bits per heavy atom. The third-order valence-corrected chi connectivity index (χ3v) is 3.38. The third kappa shape index (κ3) is 3.01. The molecule has 0 spiro atoms. The maximum Gasteiger partial charge on any atom is 0.106 e. The Morgan fingerprint density at radius 2 is 1.88 bits per heavy atom. The molecule has 2 nitrogen and oxygen atoms in total. The predicted molar refractivity (Wildman–Crippen MR) is 73.7 cm³/mol. The standard InChI is InChI=1S/C14H19ClN2/c1-12-16-13-8-4-5-9-14(13)17(12)11-7-3-2-6-10-15/h4-5,8-9H,2-3,6-7,10-11H2,1H3. The molecule has 0 aliphatic heterocycles. The van der Waals surface area contributed by atoms with Crippen molar-refractivity contribution in [1.82, 2.24) is 9.55 Å². The molecule has 2 aromatic rings. The summed E-state index contributed by atoms with van der Waals surface area (Å²) in [6.07, 6.45) is 4.82. The van der Waals surface area contributed by atoms with Crippen LogP contribution in [0.3, 0.4) is 0 Å². The van der Waals surface area contributed by atoms with E-state index in [1.54, 1.807) is 0 Å². The van der Waals surface area contributed by atoms with Crippen LogP contribution in [-0.2, 0) is 6.54 Å². The fourth-order valence-electron chi connectivity index (χ4n) is 2.20. The van der Waals surface area contributed by atoms with Gasteiger partial charge in [0.1, 0.15) is 5.82 Å². The molecule has 0 aliphatic rings. The molecule has 0 radical (unpaired) electrons. The molecular weight excluding hydrogens is 232 g/mol. The first-order valence-corrected chi connectivity index (χ1v) is 6.84. The van der Waals surface area contributed by atoms with Gasteiger partial charge in [-0.05, 0) is 31.9 Å². The first-order valence-electron chi connectivity index (χ1n) is 6.31. The van der Waals surface area contributed by atoms with E-state index in [2.05, 4.69) is 34.7 Å². The van der Waals surface area contributed by atoms with E-state index in [1.807, 2.05) is 6.07 Å². The fraction of sp³-hybridized carbons (Fsp3) is 0.500. The number of alkyl halides is 1. The SMILES string of the molecule is Cc1nc2ccccc2n1CCCCCCCl. The lowest BCUT2D eigenvalue weighted by atomic mass is 10.2. The van der Waals surface area contributed by atoms with Crippen molar-refractivity contribution in [2.75, 3.05) is 5.88 Å². The Hall–Kier alpha value is -1.02. The third-order valence-electron chi connectivity index (χ3n) is 3.11. The van der Waals surface area contributed by atoms with Crippen molar-refractivity contribution >= 4 is 22.6 Å². The topological polar surface area (TPSA) is 17.8 Å². The van der Waals surface area contributed by atoms with Gasteiger partial charge < -0.3 is 4.57 Å². The number of rotatable bonds is 6. The van der Waals surface area contributed by atoms with Gasteiger partial charge >= 0.3 is 0 Å². The molecule has 1 aromatic carbocycles. The lowest BCUT2D eigenvalue weighted by Gasteiger charge is -2.06. The number of aryl methyl sites for hydroxylation is 2. The monoisotopic (exact) mass is 250 g/mol. The van der Waals surface area contributed by atoms with Crippen molar-refractivity contribution in [1.29, 1.82) is 0 Å². The van der Waals surface area contributed by atoms with Crippen LogP contribution in [0.1, 0.15) is 31.5 Å². The minimum absolute atomic E-state index is 0.785. The molecule has 3 heteroatoms. The van der Waals surface area contributed by atoms with Gasteiger partial charge in [-0.15, -0.1) is 11.6 Å². The summed E-state index contributed by atoms with van der Waals surface area (Å²) in [6.45, 7) is 3.15. The van der Waals surface area contributed by atoms with Crippen LogP contribution in [-0.4, -0.2) is 15.4 Å². The highest BCUT2D eigenvalue weighted by Crippen LogP contribution is 2.16. The van der Waals surface area contributed by atoms with Crippen LogP contribution in [0.5, 0.6) is 0 Å². The number of hydrogen-bond donors (Lipinski definition) is 0. The molecule has 1 heterocycles. The molecule has 17 heavy (non-hydrogen) atoms. The molecule has 0 amide bonds. The lowest BCUT2D eigenvalue weighted by Crippen LogP contribution is -2.00. The Bertz CT molecular complexity index is 476. The van der Waals surface area contributed by atoms with Crippen LogP contribution in [0.4, 0.5) is 0 Å². The van der Waals surface area contributed by atoms with Gasteiger partial charge in [-0.1, -0.05) is 25.0 Å². The highest BCUT2D eigenvalue weighted by Gasteiger charge is 2.05. The normalized spacial score (nSPS) is 11.2. The van der Waals surface area contributed by atoms with Gasteiger partial charge in [0.25, 0.3) is 0 Å². The zero-order valence-corrected chi connectivity index (χ0v) is 11.1. The average molecular weight is 251 g/mol. The van der Waals surface area contributed by atoms with Crippen LogP contribution < -0.4 is 0 Å². The summed E-state index contributed by atoms with van der Waals surface area (Å²) in [5, 5.41) is 0. The molecule has 0 aliphatic carbocycles. The molecule has 1 aromatic heterocycles. The zero-order valence-electron chi connectivity index (χ0n) is 10.3. The van der Waals surface area contributed by atoms with Crippen LogP contribution in [0.25, 0.3) is 11.0 Å². The summed E-state index contributed by atoms with van der Waals surface area (Å²) in [5.41, 5.74) is 2.35. The van der Waals surface area contributed by atoms with E-state index in [-0.39, 0.29) is 0 Å². The number of aromatic nitrogens is 2. The van der Waals surface area contributed by atoms with Crippen molar-refractivity contribution < 1.29 is 0 Å². The maximum absolute atomic E-state index is 5.67. The number of fused-ring (bicyclic) bond motifs is 1. The Balaban J connectivity index is 2.00. The molecular formula is C14H19ClN2. The van der Waals surface area contributed by atoms with Crippen molar-refractivity contribution in [3.63, 3.8) is 0 Å². The van der Waals surface area contributed by atoms with E-state index in [1.165, 1.54) is 24.8 Å². The minimum Gasteiger partial charge on any atom is -0.328 e. The Labute approximate surface area is 108 Å². The second-order valence-electron chi connectivity index (χ2n) is 4.40. The largest absolute Gasteiger partial charge is 0.328 e.